The van der Waals surface area contributed by atoms with Crippen molar-refractivity contribution in [3.63, 3.8) is 0 Å². The van der Waals surface area contributed by atoms with Crippen LogP contribution in [-0.4, -0.2) is 279 Å². The van der Waals surface area contributed by atoms with Gasteiger partial charge in [-0.1, -0.05) is 0 Å². The number of hydrogen-bond acceptors (Lipinski definition) is 26. The first-order chi connectivity index (χ1) is 26.5. The van der Waals surface area contributed by atoms with Crippen LogP contribution in [0, 0.1) is 0 Å². The van der Waals surface area contributed by atoms with Crippen molar-refractivity contribution >= 4 is 0 Å². The van der Waals surface area contributed by atoms with Crippen LogP contribution in [-0.2, 0) is 37.9 Å². The smallest absolute Gasteiger partial charge is 0.187 e. The Balaban J connectivity index is 1.55. The van der Waals surface area contributed by atoms with Crippen LogP contribution in [0.5, 0.6) is 0 Å². The Morgan fingerprint density at radius 3 is 1.05 bits per heavy atom. The largest absolute Gasteiger partial charge is 0.394 e. The minimum atomic E-state index is -2.20. The molecule has 4 heterocycles. The molecule has 0 aromatic carbocycles. The Morgan fingerprint density at radius 2 is 0.696 bits per heavy atom. The normalized spacial score (nSPS) is 47.2. The summed E-state index contributed by atoms with van der Waals surface area (Å²) in [4.78, 5) is 0. The predicted octanol–water partition coefficient (Wildman–Crippen LogP) is -12.3. The molecule has 26 nitrogen and oxygen atoms in total. The summed E-state index contributed by atoms with van der Waals surface area (Å²) in [7, 11) is 0. The van der Waals surface area contributed by atoms with E-state index >= 15 is 0 Å². The van der Waals surface area contributed by atoms with Gasteiger partial charge in [0, 0.05) is 0 Å². The monoisotopic (exact) mass is 830 g/mol. The van der Waals surface area contributed by atoms with Gasteiger partial charge >= 0.3 is 0 Å². The third-order valence-electron chi connectivity index (χ3n) is 9.96. The minimum absolute atomic E-state index is 0.856. The number of aliphatic hydroxyl groups is 18. The Bertz CT molecular complexity index is 1160. The van der Waals surface area contributed by atoms with Crippen molar-refractivity contribution < 1.29 is 130 Å². The van der Waals surface area contributed by atoms with Crippen molar-refractivity contribution in [1.29, 1.82) is 0 Å². The average molecular weight is 831 g/mol. The lowest BCUT2D eigenvalue weighted by Crippen LogP contribution is -2.68. The molecule has 0 aromatic rings. The zero-order chi connectivity index (χ0) is 41.8. The van der Waals surface area contributed by atoms with Gasteiger partial charge in [0.15, 0.2) is 25.2 Å². The fourth-order valence-corrected chi connectivity index (χ4v) is 6.61. The van der Waals surface area contributed by atoms with Crippen molar-refractivity contribution in [2.24, 2.45) is 0 Å². The van der Waals surface area contributed by atoms with Crippen LogP contribution in [0.3, 0.4) is 0 Å². The number of rotatable bonds is 17. The molecule has 56 heavy (non-hydrogen) atoms. The van der Waals surface area contributed by atoms with Crippen LogP contribution in [0.15, 0.2) is 0 Å². The molecule has 0 aliphatic carbocycles. The van der Waals surface area contributed by atoms with Crippen LogP contribution in [0.4, 0.5) is 0 Å². The maximum Gasteiger partial charge on any atom is 0.187 e. The van der Waals surface area contributed by atoms with E-state index in [2.05, 4.69) is 0 Å². The molecule has 26 heteroatoms. The molecule has 18 N–H and O–H groups in total. The van der Waals surface area contributed by atoms with E-state index < -0.39 is 187 Å². The van der Waals surface area contributed by atoms with Gasteiger partial charge in [-0.3, -0.25) is 0 Å². The summed E-state index contributed by atoms with van der Waals surface area (Å²) in [5, 5.41) is 186. The lowest BCUT2D eigenvalue weighted by atomic mass is 9.95. The first kappa shape index (κ1) is 47.6. The molecule has 330 valence electrons. The summed E-state index contributed by atoms with van der Waals surface area (Å²) in [6.45, 7) is -5.91. The molecule has 0 radical (unpaired) electrons. The van der Waals surface area contributed by atoms with E-state index in [1.54, 1.807) is 0 Å². The molecule has 4 fully saturated rings. The van der Waals surface area contributed by atoms with Gasteiger partial charge in [0.2, 0.25) is 0 Å². The SMILES string of the molecule is OCC(O)C(O)C(OC1OC(CO)C(O)C(OC2OC(CO)C(O)C(OC3OC(CO)C(O)C(OC4OC(CO)C(O)C(O)C4O)C3O)C2O)C1O)C(O)CO. The third kappa shape index (κ3) is 10.1. The average Bonchev–Trinajstić information content (AvgIpc) is 3.19. The van der Waals surface area contributed by atoms with E-state index in [1.807, 2.05) is 0 Å². The van der Waals surface area contributed by atoms with Crippen LogP contribution >= 0.6 is 0 Å². The van der Waals surface area contributed by atoms with Crippen molar-refractivity contribution in [2.75, 3.05) is 39.6 Å². The zero-order valence-electron chi connectivity index (χ0n) is 29.4. The van der Waals surface area contributed by atoms with Crippen molar-refractivity contribution in [2.45, 2.75) is 147 Å². The molecule has 24 atom stereocenters. The first-order valence-electron chi connectivity index (χ1n) is 17.5. The molecule has 0 aromatic heterocycles. The van der Waals surface area contributed by atoms with Gasteiger partial charge in [0.25, 0.3) is 0 Å². The predicted molar refractivity (Wildman–Crippen MR) is 169 cm³/mol. The summed E-state index contributed by atoms with van der Waals surface area (Å²) < 4.78 is 43.8. The molecule has 24 unspecified atom stereocenters. The van der Waals surface area contributed by atoms with Crippen LogP contribution in [0.25, 0.3) is 0 Å². The molecule has 4 aliphatic heterocycles. The van der Waals surface area contributed by atoms with Crippen LogP contribution in [0.2, 0.25) is 0 Å². The zero-order valence-corrected chi connectivity index (χ0v) is 29.4. The summed E-state index contributed by atoms with van der Waals surface area (Å²) >= 11 is 0. The summed E-state index contributed by atoms with van der Waals surface area (Å²) in [6.07, 6.45) is -46.5. The number of ether oxygens (including phenoxy) is 8. The van der Waals surface area contributed by atoms with Gasteiger partial charge in [0.05, 0.1) is 39.6 Å². The Kier molecular flexibility index (Phi) is 17.8. The van der Waals surface area contributed by atoms with Gasteiger partial charge in [-0.15, -0.1) is 0 Å². The fourth-order valence-electron chi connectivity index (χ4n) is 6.61. The quantitative estimate of drug-likeness (QED) is 0.0647. The maximum absolute atomic E-state index is 11.3. The topological polar surface area (TPSA) is 438 Å². The molecular weight excluding hydrogens is 776 g/mol. The molecule has 0 amide bonds. The summed E-state index contributed by atoms with van der Waals surface area (Å²) in [6, 6.07) is 0. The second-order valence-electron chi connectivity index (χ2n) is 13.7. The molecule has 0 spiro atoms. The highest BCUT2D eigenvalue weighted by molar-refractivity contribution is 4.98. The van der Waals surface area contributed by atoms with Gasteiger partial charge in [-0.25, -0.2) is 0 Å². The molecule has 0 bridgehead atoms. The van der Waals surface area contributed by atoms with Crippen LogP contribution in [0.1, 0.15) is 0 Å². The summed E-state index contributed by atoms with van der Waals surface area (Å²) in [5.74, 6) is 0. The Hall–Kier alpha value is -1.04. The Morgan fingerprint density at radius 1 is 0.375 bits per heavy atom. The fraction of sp³-hybridized carbons (Fsp3) is 1.00. The summed E-state index contributed by atoms with van der Waals surface area (Å²) in [5.41, 5.74) is 0. The molecular formula is C30H54O26. The first-order valence-corrected chi connectivity index (χ1v) is 17.5. The number of aliphatic hydroxyl groups excluding tert-OH is 18. The molecule has 4 saturated heterocycles. The van der Waals surface area contributed by atoms with Crippen LogP contribution < -0.4 is 0 Å². The highest BCUT2D eigenvalue weighted by Gasteiger charge is 2.56. The maximum atomic E-state index is 11.3. The van der Waals surface area contributed by atoms with Gasteiger partial charge in [-0.2, -0.15) is 0 Å². The van der Waals surface area contributed by atoms with E-state index in [1.165, 1.54) is 0 Å². The van der Waals surface area contributed by atoms with Gasteiger partial charge in [0.1, 0.15) is 122 Å². The standard InChI is InChI=1S/C30H54O26/c31-1-7(37)13(39)23(8(38)2-32)53-28-20(46)25(16(42)10(4-34)50-28)55-30-22(48)26(17(43)12(6-36)52-30)56-29-21(47)24(15(41)11(5-35)51-29)54-27-19(45)18(44)14(40)9(3-33)49-27/h7-48H,1-6H2. The van der Waals surface area contributed by atoms with E-state index in [0.717, 1.165) is 0 Å². The van der Waals surface area contributed by atoms with E-state index in [9.17, 15) is 91.9 Å². The van der Waals surface area contributed by atoms with Crippen molar-refractivity contribution in [1.82, 2.24) is 0 Å². The second-order valence-corrected chi connectivity index (χ2v) is 13.7. The van der Waals surface area contributed by atoms with E-state index in [4.69, 9.17) is 37.9 Å². The molecule has 4 rings (SSSR count). The number of hydrogen-bond donors (Lipinski definition) is 18. The lowest BCUT2D eigenvalue weighted by Gasteiger charge is -2.49. The highest BCUT2D eigenvalue weighted by Crippen LogP contribution is 2.35. The Labute approximate surface area is 317 Å². The lowest BCUT2D eigenvalue weighted by molar-refractivity contribution is -0.392. The van der Waals surface area contributed by atoms with Gasteiger partial charge in [-0.05, 0) is 0 Å². The molecule has 4 aliphatic rings. The molecule has 0 saturated carbocycles. The van der Waals surface area contributed by atoms with Crippen molar-refractivity contribution in [3.05, 3.63) is 0 Å². The third-order valence-corrected chi connectivity index (χ3v) is 9.96. The van der Waals surface area contributed by atoms with E-state index in [0.29, 0.717) is 0 Å². The minimum Gasteiger partial charge on any atom is -0.394 e. The van der Waals surface area contributed by atoms with E-state index in [-0.39, 0.29) is 0 Å². The second kappa shape index (κ2) is 21.0. The highest BCUT2D eigenvalue weighted by atomic mass is 16.8. The van der Waals surface area contributed by atoms with Gasteiger partial charge < -0.3 is 130 Å². The van der Waals surface area contributed by atoms with Crippen molar-refractivity contribution in [3.8, 4) is 0 Å².